The van der Waals surface area contributed by atoms with Crippen LogP contribution in [0.3, 0.4) is 0 Å². The first kappa shape index (κ1) is 11.8. The number of piperazine rings is 1. The maximum absolute atomic E-state index is 12.3. The van der Waals surface area contributed by atoms with E-state index in [1.54, 1.807) is 16.7 Å². The van der Waals surface area contributed by atoms with E-state index in [-0.39, 0.29) is 18.4 Å². The summed E-state index contributed by atoms with van der Waals surface area (Å²) in [6.07, 6.45) is 4.12. The molecular formula is C11H18N2O2S. The summed E-state index contributed by atoms with van der Waals surface area (Å²) in [4.78, 5) is 25.6. The molecule has 0 spiro atoms. The number of thioether (sulfide) groups is 1. The fourth-order valence-electron chi connectivity index (χ4n) is 2.28. The number of hydrogen-bond donors (Lipinski definition) is 1. The van der Waals surface area contributed by atoms with E-state index in [9.17, 15) is 9.59 Å². The fourth-order valence-corrected chi connectivity index (χ4v) is 2.68. The van der Waals surface area contributed by atoms with Crippen molar-refractivity contribution in [2.75, 3.05) is 25.1 Å². The molecule has 16 heavy (non-hydrogen) atoms. The normalized spacial score (nSPS) is 30.5. The monoisotopic (exact) mass is 242 g/mol. The molecule has 1 unspecified atom stereocenters. The van der Waals surface area contributed by atoms with Gasteiger partial charge in [-0.25, -0.2) is 0 Å². The predicted molar refractivity (Wildman–Crippen MR) is 64.2 cm³/mol. The van der Waals surface area contributed by atoms with Crippen LogP contribution in [0.1, 0.15) is 19.8 Å². The van der Waals surface area contributed by atoms with Crippen molar-refractivity contribution in [1.82, 2.24) is 10.2 Å². The van der Waals surface area contributed by atoms with Crippen LogP contribution in [0.15, 0.2) is 0 Å². The van der Waals surface area contributed by atoms with E-state index in [1.807, 2.05) is 13.2 Å². The molecule has 2 fully saturated rings. The molecule has 1 saturated carbocycles. The lowest BCUT2D eigenvalue weighted by Crippen LogP contribution is -2.66. The number of carbonyl (C=O) groups excluding carboxylic acids is 2. The van der Waals surface area contributed by atoms with E-state index in [0.717, 1.165) is 18.6 Å². The lowest BCUT2D eigenvalue weighted by molar-refractivity contribution is -0.149. The minimum atomic E-state index is -0.631. The number of rotatable bonds is 4. The average Bonchev–Trinajstić information content (AvgIpc) is 3.05. The van der Waals surface area contributed by atoms with Gasteiger partial charge in [0.25, 0.3) is 0 Å². The summed E-state index contributed by atoms with van der Waals surface area (Å²) in [5, 5.41) is 2.87. The molecule has 2 rings (SSSR count). The molecule has 2 amide bonds. The second-order valence-corrected chi connectivity index (χ2v) is 5.73. The van der Waals surface area contributed by atoms with Gasteiger partial charge in [-0.1, -0.05) is 0 Å². The third kappa shape index (κ3) is 2.05. The van der Waals surface area contributed by atoms with Gasteiger partial charge >= 0.3 is 0 Å². The smallest absolute Gasteiger partial charge is 0.248 e. The van der Waals surface area contributed by atoms with E-state index in [1.165, 1.54) is 0 Å². The van der Waals surface area contributed by atoms with Gasteiger partial charge in [-0.15, -0.1) is 0 Å². The van der Waals surface area contributed by atoms with Crippen molar-refractivity contribution >= 4 is 23.6 Å². The zero-order valence-corrected chi connectivity index (χ0v) is 10.6. The largest absolute Gasteiger partial charge is 0.340 e. The first-order chi connectivity index (χ1) is 7.58. The second-order valence-electron chi connectivity index (χ2n) is 4.74. The summed E-state index contributed by atoms with van der Waals surface area (Å²) in [6, 6.07) is 0. The van der Waals surface area contributed by atoms with E-state index in [2.05, 4.69) is 5.32 Å². The van der Waals surface area contributed by atoms with Crippen LogP contribution in [0, 0.1) is 5.92 Å². The maximum Gasteiger partial charge on any atom is 0.248 e. The van der Waals surface area contributed by atoms with Crippen LogP contribution >= 0.6 is 11.8 Å². The minimum absolute atomic E-state index is 0.0184. The quantitative estimate of drug-likeness (QED) is 0.780. The van der Waals surface area contributed by atoms with Gasteiger partial charge in [0.1, 0.15) is 5.54 Å². The van der Waals surface area contributed by atoms with Crippen LogP contribution < -0.4 is 5.32 Å². The van der Waals surface area contributed by atoms with Crippen molar-refractivity contribution in [3.8, 4) is 0 Å². The highest BCUT2D eigenvalue weighted by Gasteiger charge is 2.52. The molecule has 0 aromatic heterocycles. The zero-order chi connectivity index (χ0) is 11.8. The maximum atomic E-state index is 12.3. The minimum Gasteiger partial charge on any atom is -0.340 e. The Labute approximate surface area is 100 Å². The van der Waals surface area contributed by atoms with E-state index in [0.29, 0.717) is 12.5 Å². The highest BCUT2D eigenvalue weighted by atomic mass is 32.2. The molecule has 1 heterocycles. The molecule has 1 saturated heterocycles. The molecule has 1 aliphatic carbocycles. The molecule has 4 nitrogen and oxygen atoms in total. The first-order valence-corrected chi connectivity index (χ1v) is 7.06. The van der Waals surface area contributed by atoms with Crippen LogP contribution in [0.5, 0.6) is 0 Å². The zero-order valence-electron chi connectivity index (χ0n) is 9.78. The van der Waals surface area contributed by atoms with Crippen molar-refractivity contribution in [3.63, 3.8) is 0 Å². The molecule has 1 N–H and O–H groups in total. The summed E-state index contributed by atoms with van der Waals surface area (Å²) in [6.45, 7) is 2.77. The summed E-state index contributed by atoms with van der Waals surface area (Å²) < 4.78 is 0. The Kier molecular flexibility index (Phi) is 3.15. The Hall–Kier alpha value is -0.710. The van der Waals surface area contributed by atoms with Crippen LogP contribution in [0.4, 0.5) is 0 Å². The molecule has 0 aromatic carbocycles. The number of hydrogen-bond acceptors (Lipinski definition) is 3. The fraction of sp³-hybridized carbons (Fsp3) is 0.818. The molecule has 5 heteroatoms. The molecule has 1 aliphatic heterocycles. The van der Waals surface area contributed by atoms with E-state index in [4.69, 9.17) is 0 Å². The van der Waals surface area contributed by atoms with Crippen LogP contribution in [0.2, 0.25) is 0 Å². The van der Waals surface area contributed by atoms with E-state index < -0.39 is 5.54 Å². The van der Waals surface area contributed by atoms with Gasteiger partial charge in [0.15, 0.2) is 0 Å². The molecule has 90 valence electrons. The molecular weight excluding hydrogens is 224 g/mol. The third-order valence-electron chi connectivity index (χ3n) is 3.42. The van der Waals surface area contributed by atoms with Crippen molar-refractivity contribution in [2.45, 2.75) is 25.3 Å². The van der Waals surface area contributed by atoms with Crippen molar-refractivity contribution in [2.24, 2.45) is 5.92 Å². The number of nitrogens with zero attached hydrogens (tertiary/aromatic N) is 1. The van der Waals surface area contributed by atoms with Crippen molar-refractivity contribution in [3.05, 3.63) is 0 Å². The van der Waals surface area contributed by atoms with Crippen LogP contribution in [0.25, 0.3) is 0 Å². The summed E-state index contributed by atoms with van der Waals surface area (Å²) in [7, 11) is 0. The van der Waals surface area contributed by atoms with Gasteiger partial charge in [0.05, 0.1) is 6.54 Å². The lowest BCUT2D eigenvalue weighted by atomic mass is 9.91. The van der Waals surface area contributed by atoms with Gasteiger partial charge in [-0.05, 0) is 31.9 Å². The Morgan fingerprint density at radius 1 is 1.50 bits per heavy atom. The Morgan fingerprint density at radius 3 is 2.75 bits per heavy atom. The Balaban J connectivity index is 2.09. The van der Waals surface area contributed by atoms with Gasteiger partial charge in [0.2, 0.25) is 11.8 Å². The SMILES string of the molecule is CSCCN1CC(=O)NC(C)(C2CC2)C1=O. The Morgan fingerprint density at radius 2 is 2.19 bits per heavy atom. The summed E-state index contributed by atoms with van der Waals surface area (Å²) >= 11 is 1.70. The van der Waals surface area contributed by atoms with E-state index >= 15 is 0 Å². The van der Waals surface area contributed by atoms with Crippen molar-refractivity contribution < 1.29 is 9.59 Å². The predicted octanol–water partition coefficient (Wildman–Crippen LogP) is 0.476. The summed E-state index contributed by atoms with van der Waals surface area (Å²) in [5.74, 6) is 1.32. The van der Waals surface area contributed by atoms with Gasteiger partial charge < -0.3 is 10.2 Å². The Bertz CT molecular complexity index is 317. The number of nitrogens with one attached hydrogen (secondary N) is 1. The third-order valence-corrected chi connectivity index (χ3v) is 4.02. The van der Waals surface area contributed by atoms with Crippen molar-refractivity contribution in [1.29, 1.82) is 0 Å². The molecule has 0 radical (unpaired) electrons. The van der Waals surface area contributed by atoms with Gasteiger partial charge in [-0.2, -0.15) is 11.8 Å². The lowest BCUT2D eigenvalue weighted by Gasteiger charge is -2.40. The number of amides is 2. The standard InChI is InChI=1S/C11H18N2O2S/c1-11(8-3-4-8)10(15)13(5-6-16-2)7-9(14)12-11/h8H,3-7H2,1-2H3,(H,12,14). The first-order valence-electron chi connectivity index (χ1n) is 5.67. The average molecular weight is 242 g/mol. The number of carbonyl (C=O) groups is 2. The second kappa shape index (κ2) is 4.28. The van der Waals surface area contributed by atoms with Crippen LogP contribution in [-0.4, -0.2) is 47.4 Å². The molecule has 0 aromatic rings. The van der Waals surface area contributed by atoms with Gasteiger partial charge in [-0.3, -0.25) is 9.59 Å². The molecule has 2 aliphatic rings. The molecule has 1 atom stereocenters. The molecule has 0 bridgehead atoms. The van der Waals surface area contributed by atoms with Gasteiger partial charge in [0, 0.05) is 12.3 Å². The summed E-state index contributed by atoms with van der Waals surface area (Å²) in [5.41, 5.74) is -0.631. The highest BCUT2D eigenvalue weighted by Crippen LogP contribution is 2.41. The van der Waals surface area contributed by atoms with Crippen LogP contribution in [-0.2, 0) is 9.59 Å². The highest BCUT2D eigenvalue weighted by molar-refractivity contribution is 7.98. The topological polar surface area (TPSA) is 49.4 Å².